The molecule has 0 aliphatic heterocycles. The van der Waals surface area contributed by atoms with Crippen LogP contribution in [0.2, 0.25) is 0 Å². The first kappa shape index (κ1) is 44.6. The smallest absolute Gasteiger partial charge is 0.00544 e. The van der Waals surface area contributed by atoms with Crippen LogP contribution in [0.3, 0.4) is 0 Å². The zero-order valence-corrected chi connectivity index (χ0v) is 43.5. The Hall–Kier alpha value is -7.28. The van der Waals surface area contributed by atoms with Crippen LogP contribution in [0.4, 0.5) is 0 Å². The first-order valence-electron chi connectivity index (χ1n) is 26.5. The molecule has 0 heterocycles. The summed E-state index contributed by atoms with van der Waals surface area (Å²) < 4.78 is 0. The summed E-state index contributed by atoms with van der Waals surface area (Å²) in [6, 6.07) is 37.4. The third-order valence-electron chi connectivity index (χ3n) is 16.6. The molecule has 8 aromatic carbocycles. The fourth-order valence-corrected chi connectivity index (χ4v) is 13.4. The number of hydrogen-bond acceptors (Lipinski definition) is 0. The highest BCUT2D eigenvalue weighted by Crippen LogP contribution is 2.40. The summed E-state index contributed by atoms with van der Waals surface area (Å²) in [6.07, 6.45) is 27.6. The van der Waals surface area contributed by atoms with E-state index in [1.807, 2.05) is 0 Å². The Balaban J connectivity index is 0.0000000933. The van der Waals surface area contributed by atoms with E-state index >= 15 is 0 Å². The van der Waals surface area contributed by atoms with Crippen LogP contribution >= 0.6 is 0 Å². The largest absolute Gasteiger partial charge is 0.0683 e. The highest BCUT2D eigenvalue weighted by atomic mass is 14.3. The zero-order chi connectivity index (χ0) is 49.1. The molecular formula is C72H64. The molecule has 0 saturated carbocycles. The Bertz CT molecular complexity index is 3760. The molecule has 16 rings (SSSR count). The van der Waals surface area contributed by atoms with Crippen molar-refractivity contribution in [3.63, 3.8) is 0 Å². The van der Waals surface area contributed by atoms with Gasteiger partial charge < -0.3 is 0 Å². The van der Waals surface area contributed by atoms with Crippen molar-refractivity contribution in [1.29, 1.82) is 0 Å². The standard InChI is InChI=1S/4C18H16/c2*1-11-3-13-7-17-9-15-5-12(2)6-16(15)10-18(17)8-14(13)4-11;2*1-11-7-13-3-5-16-15(17(13)9-11)6-4-14-8-12(2)10-18(14)16/h3,6-10H,4-5H2,1-2H3;3,5,7-10H,4,6H2,1-2H3;3-6,9-10H,7-8H2,1-2H3;3-8H,9-10H2,1-2H3. The van der Waals surface area contributed by atoms with Gasteiger partial charge in [0.15, 0.2) is 0 Å². The van der Waals surface area contributed by atoms with Crippen molar-refractivity contribution in [2.24, 2.45) is 0 Å². The van der Waals surface area contributed by atoms with Crippen LogP contribution in [-0.2, 0) is 51.4 Å². The lowest BCUT2D eigenvalue weighted by Crippen LogP contribution is -1.91. The number of fused-ring (bicyclic) bond motifs is 16. The summed E-state index contributed by atoms with van der Waals surface area (Å²) in [5.74, 6) is 0. The van der Waals surface area contributed by atoms with Crippen LogP contribution in [0.25, 0.3) is 91.7 Å². The van der Waals surface area contributed by atoms with Crippen LogP contribution in [0.1, 0.15) is 144 Å². The summed E-state index contributed by atoms with van der Waals surface area (Å²) >= 11 is 0. The average molecular weight is 929 g/mol. The predicted molar refractivity (Wildman–Crippen MR) is 315 cm³/mol. The first-order valence-corrected chi connectivity index (χ1v) is 26.5. The number of allylic oxidation sites excluding steroid dienone is 8. The molecule has 0 saturated heterocycles. The monoisotopic (exact) mass is 929 g/mol. The summed E-state index contributed by atoms with van der Waals surface area (Å²) in [5.41, 5.74) is 35.2. The average Bonchev–Trinajstić information content (AvgIpc) is 4.22. The fraction of sp³-hybridized carbons (Fsp3) is 0.222. The molecule has 0 aromatic heterocycles. The molecule has 8 aliphatic rings. The van der Waals surface area contributed by atoms with Gasteiger partial charge in [0.05, 0.1) is 0 Å². The van der Waals surface area contributed by atoms with E-state index in [-0.39, 0.29) is 0 Å². The van der Waals surface area contributed by atoms with Gasteiger partial charge in [0.2, 0.25) is 0 Å². The molecule has 0 unspecified atom stereocenters. The van der Waals surface area contributed by atoms with Crippen LogP contribution in [-0.4, -0.2) is 0 Å². The molecule has 0 nitrogen and oxygen atoms in total. The van der Waals surface area contributed by atoms with Gasteiger partial charge in [-0.15, -0.1) is 0 Å². The maximum atomic E-state index is 2.38. The summed E-state index contributed by atoms with van der Waals surface area (Å²) in [7, 11) is 0. The third kappa shape index (κ3) is 8.01. The Kier molecular flexibility index (Phi) is 10.7. The second-order valence-electron chi connectivity index (χ2n) is 23.0. The van der Waals surface area contributed by atoms with Crippen molar-refractivity contribution < 1.29 is 0 Å². The van der Waals surface area contributed by atoms with Crippen LogP contribution in [0.5, 0.6) is 0 Å². The van der Waals surface area contributed by atoms with Crippen LogP contribution in [0.15, 0.2) is 142 Å². The number of benzene rings is 8. The van der Waals surface area contributed by atoms with Crippen molar-refractivity contribution in [3.05, 3.63) is 231 Å². The van der Waals surface area contributed by atoms with Crippen LogP contribution < -0.4 is 0 Å². The maximum absolute atomic E-state index is 2.38. The Labute approximate surface area is 426 Å². The summed E-state index contributed by atoms with van der Waals surface area (Å²) in [6.45, 7) is 17.8. The molecule has 0 fully saturated rings. The fourth-order valence-electron chi connectivity index (χ4n) is 13.4. The highest BCUT2D eigenvalue weighted by Gasteiger charge is 2.21. The van der Waals surface area contributed by atoms with E-state index in [9.17, 15) is 0 Å². The summed E-state index contributed by atoms with van der Waals surface area (Å²) in [5, 5.41) is 11.3. The van der Waals surface area contributed by atoms with E-state index in [2.05, 4.69) is 201 Å². The van der Waals surface area contributed by atoms with Gasteiger partial charge in [-0.2, -0.15) is 0 Å². The van der Waals surface area contributed by atoms with Gasteiger partial charge in [0, 0.05) is 0 Å². The molecule has 0 heteroatoms. The van der Waals surface area contributed by atoms with E-state index < -0.39 is 0 Å². The van der Waals surface area contributed by atoms with E-state index in [0.717, 1.165) is 51.4 Å². The third-order valence-corrected chi connectivity index (χ3v) is 16.6. The molecule has 8 aliphatic carbocycles. The molecule has 352 valence electrons. The van der Waals surface area contributed by atoms with Gasteiger partial charge in [-0.05, 0) is 263 Å². The lowest BCUT2D eigenvalue weighted by Gasteiger charge is -2.10. The Morgan fingerprint density at radius 1 is 0.222 bits per heavy atom. The minimum absolute atomic E-state index is 1.12. The molecule has 8 aromatic rings. The molecule has 0 atom stereocenters. The molecule has 0 spiro atoms. The summed E-state index contributed by atoms with van der Waals surface area (Å²) in [4.78, 5) is 0. The van der Waals surface area contributed by atoms with Gasteiger partial charge in [-0.25, -0.2) is 0 Å². The number of hydrogen-bond donors (Lipinski definition) is 0. The molecule has 72 heavy (non-hydrogen) atoms. The van der Waals surface area contributed by atoms with Crippen molar-refractivity contribution in [2.45, 2.75) is 107 Å². The normalized spacial score (nSPS) is 16.6. The van der Waals surface area contributed by atoms with Gasteiger partial charge in [-0.1, -0.05) is 166 Å². The molecule has 0 N–H and O–H groups in total. The number of rotatable bonds is 0. The van der Waals surface area contributed by atoms with Crippen LogP contribution in [0, 0.1) is 0 Å². The van der Waals surface area contributed by atoms with E-state index in [1.54, 1.807) is 0 Å². The Morgan fingerprint density at radius 3 is 0.847 bits per heavy atom. The van der Waals surface area contributed by atoms with E-state index in [0.29, 0.717) is 0 Å². The highest BCUT2D eigenvalue weighted by molar-refractivity contribution is 6.01. The van der Waals surface area contributed by atoms with Crippen molar-refractivity contribution >= 4 is 91.7 Å². The van der Waals surface area contributed by atoms with Gasteiger partial charge in [0.25, 0.3) is 0 Å². The maximum Gasteiger partial charge on any atom is -0.00544 e. The predicted octanol–water partition coefficient (Wildman–Crippen LogP) is 19.0. The van der Waals surface area contributed by atoms with E-state index in [4.69, 9.17) is 0 Å². The zero-order valence-electron chi connectivity index (χ0n) is 43.5. The quantitative estimate of drug-likeness (QED) is 0.142. The first-order chi connectivity index (χ1) is 34.8. The van der Waals surface area contributed by atoms with Crippen molar-refractivity contribution in [3.8, 4) is 0 Å². The van der Waals surface area contributed by atoms with E-state index in [1.165, 1.54) is 177 Å². The minimum atomic E-state index is 1.12. The minimum Gasteiger partial charge on any atom is -0.0683 e. The lowest BCUT2D eigenvalue weighted by molar-refractivity contribution is 1.19. The molecule has 0 bridgehead atoms. The van der Waals surface area contributed by atoms with Crippen molar-refractivity contribution in [1.82, 2.24) is 0 Å². The molecule has 0 radical (unpaired) electrons. The molecular weight excluding hydrogens is 865 g/mol. The second kappa shape index (κ2) is 17.2. The Morgan fingerprint density at radius 2 is 0.486 bits per heavy atom. The topological polar surface area (TPSA) is 0 Å². The van der Waals surface area contributed by atoms with Gasteiger partial charge >= 0.3 is 0 Å². The van der Waals surface area contributed by atoms with Gasteiger partial charge in [0.1, 0.15) is 0 Å². The SMILES string of the molecule is CC1=Cc2c(ccc3c4c(ccc23)CC(C)=C4)C1.CC1=Cc2cc3cc4c(cc3cc2C1)C=C(C)C4.CC1=Cc2cc3cc4c(cc3cc2C1)CC(C)=C4.CC1=Cc2ccc3c4c(ccc3c2C1)C=C(C)C4. The van der Waals surface area contributed by atoms with Crippen molar-refractivity contribution in [2.75, 3.05) is 0 Å². The second-order valence-corrected chi connectivity index (χ2v) is 23.0. The lowest BCUT2D eigenvalue weighted by atomic mass is 9.94. The van der Waals surface area contributed by atoms with Gasteiger partial charge in [-0.3, -0.25) is 0 Å². The molecule has 0 amide bonds.